The van der Waals surface area contributed by atoms with E-state index >= 15 is 0 Å². The number of halogens is 2. The Bertz CT molecular complexity index is 487. The minimum absolute atomic E-state index is 0.0993. The van der Waals surface area contributed by atoms with E-state index in [9.17, 15) is 0 Å². The van der Waals surface area contributed by atoms with E-state index in [0.29, 0.717) is 5.02 Å². The maximum absolute atomic E-state index is 5.97. The van der Waals surface area contributed by atoms with Crippen molar-refractivity contribution < 1.29 is 0 Å². The fourth-order valence-electron chi connectivity index (χ4n) is 1.63. The maximum Gasteiger partial charge on any atom is 0.0548 e. The fraction of sp³-hybridized carbons (Fsp3) is 0.167. The van der Waals surface area contributed by atoms with E-state index < -0.39 is 0 Å². The highest BCUT2D eigenvalue weighted by Gasteiger charge is 2.12. The van der Waals surface area contributed by atoms with Gasteiger partial charge in [-0.05, 0) is 45.1 Å². The van der Waals surface area contributed by atoms with Crippen molar-refractivity contribution in [3.8, 4) is 0 Å². The van der Waals surface area contributed by atoms with Gasteiger partial charge >= 0.3 is 0 Å². The van der Waals surface area contributed by atoms with Crippen LogP contribution in [0.25, 0.3) is 0 Å². The van der Waals surface area contributed by atoms with Gasteiger partial charge in [-0.1, -0.05) is 23.7 Å². The van der Waals surface area contributed by atoms with Crippen molar-refractivity contribution in [2.45, 2.75) is 12.5 Å². The number of hydrogen-bond acceptors (Lipinski definition) is 3. The van der Waals surface area contributed by atoms with E-state index in [2.05, 4.69) is 32.8 Å². The zero-order valence-electron chi connectivity index (χ0n) is 8.99. The third kappa shape index (κ3) is 3.30. The van der Waals surface area contributed by atoms with Crippen LogP contribution in [-0.4, -0.2) is 0 Å². The van der Waals surface area contributed by atoms with E-state index in [4.69, 9.17) is 17.4 Å². The molecule has 2 aromatic rings. The van der Waals surface area contributed by atoms with E-state index in [1.807, 2.05) is 24.3 Å². The first-order valence-electron chi connectivity index (χ1n) is 5.14. The molecule has 0 aliphatic rings. The normalized spacial score (nSPS) is 12.6. The van der Waals surface area contributed by atoms with Crippen LogP contribution in [0, 0.1) is 0 Å². The molecule has 1 aromatic heterocycles. The molecule has 2 nitrogen and oxygen atoms in total. The quantitative estimate of drug-likeness (QED) is 0.658. The lowest BCUT2D eigenvalue weighted by atomic mass is 10.0. The average molecular weight is 332 g/mol. The summed E-state index contributed by atoms with van der Waals surface area (Å²) in [5.41, 5.74) is 3.97. The molecule has 17 heavy (non-hydrogen) atoms. The molecule has 2 rings (SSSR count). The standard InChI is InChI=1S/C12H12BrClN2S/c13-10-6-8(3-4-11(10)14)12(16-15)7-9-2-1-5-17-9/h1-6,12,16H,7,15H2. The molecule has 0 saturated heterocycles. The second-order valence-electron chi connectivity index (χ2n) is 3.68. The zero-order valence-corrected chi connectivity index (χ0v) is 12.1. The number of hydrazine groups is 1. The summed E-state index contributed by atoms with van der Waals surface area (Å²) in [6.45, 7) is 0. The van der Waals surface area contributed by atoms with Crippen LogP contribution in [0.3, 0.4) is 0 Å². The summed E-state index contributed by atoms with van der Waals surface area (Å²) >= 11 is 11.1. The number of thiophene rings is 1. The first-order valence-corrected chi connectivity index (χ1v) is 7.19. The van der Waals surface area contributed by atoms with Gasteiger partial charge in [0.1, 0.15) is 0 Å². The highest BCUT2D eigenvalue weighted by atomic mass is 79.9. The molecule has 1 atom stereocenters. The number of rotatable bonds is 4. The molecule has 1 heterocycles. The smallest absolute Gasteiger partial charge is 0.0548 e. The van der Waals surface area contributed by atoms with Gasteiger partial charge < -0.3 is 0 Å². The van der Waals surface area contributed by atoms with Crippen LogP contribution in [0.4, 0.5) is 0 Å². The predicted molar refractivity (Wildman–Crippen MR) is 77.2 cm³/mol. The summed E-state index contributed by atoms with van der Waals surface area (Å²) in [6.07, 6.45) is 0.877. The van der Waals surface area contributed by atoms with Crippen molar-refractivity contribution in [1.29, 1.82) is 0 Å². The fourth-order valence-corrected chi connectivity index (χ4v) is 2.90. The van der Waals surface area contributed by atoms with Gasteiger partial charge in [-0.3, -0.25) is 11.3 Å². The number of nitrogens with one attached hydrogen (secondary N) is 1. The highest BCUT2D eigenvalue weighted by molar-refractivity contribution is 9.10. The molecule has 0 bridgehead atoms. The summed E-state index contributed by atoms with van der Waals surface area (Å²) < 4.78 is 0.892. The zero-order chi connectivity index (χ0) is 12.3. The van der Waals surface area contributed by atoms with Crippen molar-refractivity contribution >= 4 is 38.9 Å². The van der Waals surface area contributed by atoms with E-state index in [1.165, 1.54) is 4.88 Å². The summed E-state index contributed by atoms with van der Waals surface area (Å²) in [5, 5.41) is 2.78. The van der Waals surface area contributed by atoms with Crippen molar-refractivity contribution in [2.75, 3.05) is 0 Å². The topological polar surface area (TPSA) is 38.0 Å². The van der Waals surface area contributed by atoms with Crippen molar-refractivity contribution in [2.24, 2.45) is 5.84 Å². The second kappa shape index (κ2) is 5.98. The maximum atomic E-state index is 5.97. The molecule has 0 amide bonds. The molecule has 0 fully saturated rings. The van der Waals surface area contributed by atoms with Crippen LogP contribution in [0.1, 0.15) is 16.5 Å². The van der Waals surface area contributed by atoms with Crippen molar-refractivity contribution in [3.05, 3.63) is 55.6 Å². The molecule has 0 radical (unpaired) electrons. The first-order chi connectivity index (χ1) is 8.20. The van der Waals surface area contributed by atoms with Crippen LogP contribution in [0.5, 0.6) is 0 Å². The van der Waals surface area contributed by atoms with Gasteiger partial charge in [0, 0.05) is 15.8 Å². The molecule has 0 aliphatic carbocycles. The van der Waals surface area contributed by atoms with Gasteiger partial charge in [-0.2, -0.15) is 0 Å². The van der Waals surface area contributed by atoms with Crippen LogP contribution in [0.15, 0.2) is 40.2 Å². The lowest BCUT2D eigenvalue weighted by Gasteiger charge is -2.16. The summed E-state index contributed by atoms with van der Waals surface area (Å²) in [5.74, 6) is 5.62. The molecule has 3 N–H and O–H groups in total. The SMILES string of the molecule is NNC(Cc1cccs1)c1ccc(Cl)c(Br)c1. The molecular formula is C12H12BrClN2S. The van der Waals surface area contributed by atoms with Crippen LogP contribution in [0.2, 0.25) is 5.02 Å². The number of nitrogens with two attached hydrogens (primary N) is 1. The number of hydrogen-bond donors (Lipinski definition) is 2. The van der Waals surface area contributed by atoms with Gasteiger partial charge in [0.25, 0.3) is 0 Å². The lowest BCUT2D eigenvalue weighted by Crippen LogP contribution is -2.29. The summed E-state index contributed by atoms with van der Waals surface area (Å²) in [4.78, 5) is 1.30. The lowest BCUT2D eigenvalue weighted by molar-refractivity contribution is 0.555. The molecule has 1 unspecified atom stereocenters. The Morgan fingerprint density at radius 3 is 2.82 bits per heavy atom. The van der Waals surface area contributed by atoms with E-state index in [0.717, 1.165) is 16.5 Å². The molecule has 1 aromatic carbocycles. The molecular weight excluding hydrogens is 320 g/mol. The molecule has 5 heteroatoms. The summed E-state index contributed by atoms with van der Waals surface area (Å²) in [6, 6.07) is 10.1. The Hall–Kier alpha value is -0.390. The van der Waals surface area contributed by atoms with Gasteiger partial charge in [-0.25, -0.2) is 0 Å². The van der Waals surface area contributed by atoms with E-state index in [1.54, 1.807) is 11.3 Å². The third-order valence-electron chi connectivity index (χ3n) is 2.53. The second-order valence-corrected chi connectivity index (χ2v) is 5.97. The third-order valence-corrected chi connectivity index (χ3v) is 4.65. The number of benzene rings is 1. The highest BCUT2D eigenvalue weighted by Crippen LogP contribution is 2.28. The first kappa shape index (κ1) is 13.1. The van der Waals surface area contributed by atoms with Crippen molar-refractivity contribution in [3.63, 3.8) is 0 Å². The minimum Gasteiger partial charge on any atom is -0.271 e. The van der Waals surface area contributed by atoms with Gasteiger partial charge in [0.15, 0.2) is 0 Å². The Morgan fingerprint density at radius 1 is 1.41 bits per heavy atom. The largest absolute Gasteiger partial charge is 0.271 e. The average Bonchev–Trinajstić information content (AvgIpc) is 2.82. The minimum atomic E-state index is 0.0993. The molecule has 0 aliphatic heterocycles. The van der Waals surface area contributed by atoms with E-state index in [-0.39, 0.29) is 6.04 Å². The Balaban J connectivity index is 2.20. The monoisotopic (exact) mass is 330 g/mol. The Kier molecular flexibility index (Phi) is 4.59. The van der Waals surface area contributed by atoms with Crippen LogP contribution < -0.4 is 11.3 Å². The Labute approximate surface area is 118 Å². The predicted octanol–water partition coefficient (Wildman–Crippen LogP) is 3.91. The van der Waals surface area contributed by atoms with Crippen LogP contribution >= 0.6 is 38.9 Å². The molecule has 0 saturated carbocycles. The van der Waals surface area contributed by atoms with Gasteiger partial charge in [-0.15, -0.1) is 11.3 Å². The molecule has 0 spiro atoms. The van der Waals surface area contributed by atoms with Crippen LogP contribution in [-0.2, 0) is 6.42 Å². The summed E-state index contributed by atoms with van der Waals surface area (Å²) in [7, 11) is 0. The van der Waals surface area contributed by atoms with Crippen molar-refractivity contribution in [1.82, 2.24) is 5.43 Å². The molecule has 90 valence electrons. The van der Waals surface area contributed by atoms with Gasteiger partial charge in [0.05, 0.1) is 11.1 Å². The Morgan fingerprint density at radius 2 is 2.24 bits per heavy atom. The van der Waals surface area contributed by atoms with Gasteiger partial charge in [0.2, 0.25) is 0 Å².